The van der Waals surface area contributed by atoms with Crippen LogP contribution in [-0.4, -0.2) is 48.1 Å². The normalized spacial score (nSPS) is 14.3. The van der Waals surface area contributed by atoms with E-state index < -0.39 is 0 Å². The Morgan fingerprint density at radius 3 is 2.24 bits per heavy atom. The topological polar surface area (TPSA) is 15.3 Å². The van der Waals surface area contributed by atoms with E-state index >= 15 is 0 Å². The molecule has 0 aromatic heterocycles. The SMILES string of the molecule is CCN(CC)CCSCC(C)CNC(C)(C)C. The van der Waals surface area contributed by atoms with E-state index in [1.807, 2.05) is 0 Å². The van der Waals surface area contributed by atoms with E-state index in [0.29, 0.717) is 0 Å². The third kappa shape index (κ3) is 11.1. The summed E-state index contributed by atoms with van der Waals surface area (Å²) < 4.78 is 0. The highest BCUT2D eigenvalue weighted by molar-refractivity contribution is 7.99. The maximum absolute atomic E-state index is 3.57. The van der Waals surface area contributed by atoms with Gasteiger partial charge in [-0.2, -0.15) is 11.8 Å². The van der Waals surface area contributed by atoms with Gasteiger partial charge in [0.2, 0.25) is 0 Å². The van der Waals surface area contributed by atoms with Crippen molar-refractivity contribution in [2.75, 3.05) is 37.7 Å². The van der Waals surface area contributed by atoms with Gasteiger partial charge in [0.1, 0.15) is 0 Å². The highest BCUT2D eigenvalue weighted by Crippen LogP contribution is 2.09. The van der Waals surface area contributed by atoms with Crippen LogP contribution in [0.1, 0.15) is 41.5 Å². The van der Waals surface area contributed by atoms with Gasteiger partial charge in [-0.1, -0.05) is 20.8 Å². The maximum Gasteiger partial charge on any atom is 0.00966 e. The Morgan fingerprint density at radius 2 is 1.76 bits per heavy atom. The molecule has 2 nitrogen and oxygen atoms in total. The average Bonchev–Trinajstić information content (AvgIpc) is 2.26. The van der Waals surface area contributed by atoms with Crippen molar-refractivity contribution in [2.24, 2.45) is 5.92 Å². The molecule has 0 aliphatic heterocycles. The summed E-state index contributed by atoms with van der Waals surface area (Å²) in [5, 5.41) is 3.57. The molecule has 0 fully saturated rings. The molecule has 3 heteroatoms. The molecule has 104 valence electrons. The van der Waals surface area contributed by atoms with Crippen LogP contribution < -0.4 is 5.32 Å². The largest absolute Gasteiger partial charge is 0.312 e. The summed E-state index contributed by atoms with van der Waals surface area (Å²) in [6, 6.07) is 0. The van der Waals surface area contributed by atoms with E-state index in [1.165, 1.54) is 31.1 Å². The fourth-order valence-electron chi connectivity index (χ4n) is 1.56. The molecule has 17 heavy (non-hydrogen) atoms. The van der Waals surface area contributed by atoms with Crippen LogP contribution in [0.25, 0.3) is 0 Å². The predicted molar refractivity (Wildman–Crippen MR) is 82.0 cm³/mol. The summed E-state index contributed by atoms with van der Waals surface area (Å²) in [7, 11) is 0. The molecular weight excluding hydrogens is 228 g/mol. The summed E-state index contributed by atoms with van der Waals surface area (Å²) in [6.45, 7) is 18.2. The molecule has 0 bridgehead atoms. The van der Waals surface area contributed by atoms with Crippen LogP contribution in [0.15, 0.2) is 0 Å². The van der Waals surface area contributed by atoms with Gasteiger partial charge in [-0.25, -0.2) is 0 Å². The van der Waals surface area contributed by atoms with Crippen LogP contribution >= 0.6 is 11.8 Å². The van der Waals surface area contributed by atoms with Crippen LogP contribution in [0.5, 0.6) is 0 Å². The number of nitrogens with one attached hydrogen (secondary N) is 1. The Balaban J connectivity index is 3.48. The Morgan fingerprint density at radius 1 is 1.18 bits per heavy atom. The Kier molecular flexibility index (Phi) is 9.38. The van der Waals surface area contributed by atoms with E-state index in [2.05, 4.69) is 63.5 Å². The van der Waals surface area contributed by atoms with E-state index in [0.717, 1.165) is 12.5 Å². The van der Waals surface area contributed by atoms with Crippen LogP contribution in [-0.2, 0) is 0 Å². The first-order valence-corrected chi connectivity index (χ1v) is 8.09. The first-order valence-electron chi connectivity index (χ1n) is 6.94. The summed E-state index contributed by atoms with van der Waals surface area (Å²) in [4.78, 5) is 2.49. The third-order valence-electron chi connectivity index (χ3n) is 2.83. The second-order valence-corrected chi connectivity index (χ2v) is 6.99. The zero-order chi connectivity index (χ0) is 13.3. The molecule has 1 atom stereocenters. The summed E-state index contributed by atoms with van der Waals surface area (Å²) in [5.74, 6) is 3.29. The molecule has 0 saturated heterocycles. The molecule has 0 aromatic carbocycles. The molecular formula is C14H32N2S. The minimum absolute atomic E-state index is 0.250. The van der Waals surface area contributed by atoms with E-state index in [-0.39, 0.29) is 5.54 Å². The lowest BCUT2D eigenvalue weighted by Crippen LogP contribution is -2.39. The fraction of sp³-hybridized carbons (Fsp3) is 1.00. The molecule has 0 aliphatic carbocycles. The number of rotatable bonds is 9. The number of hydrogen-bond acceptors (Lipinski definition) is 3. The summed E-state index contributed by atoms with van der Waals surface area (Å²) in [6.07, 6.45) is 0. The maximum atomic E-state index is 3.57. The molecule has 0 rings (SSSR count). The van der Waals surface area contributed by atoms with Crippen LogP contribution in [0.3, 0.4) is 0 Å². The molecule has 0 radical (unpaired) electrons. The van der Waals surface area contributed by atoms with Crippen molar-refractivity contribution in [3.05, 3.63) is 0 Å². The van der Waals surface area contributed by atoms with Gasteiger partial charge in [0.05, 0.1) is 0 Å². The number of nitrogens with zero attached hydrogens (tertiary/aromatic N) is 1. The fourth-order valence-corrected chi connectivity index (χ4v) is 2.63. The monoisotopic (exact) mass is 260 g/mol. The molecule has 0 spiro atoms. The second-order valence-electron chi connectivity index (χ2n) is 5.84. The predicted octanol–water partition coefficient (Wildman–Crippen LogP) is 3.09. The molecule has 0 amide bonds. The van der Waals surface area contributed by atoms with Crippen molar-refractivity contribution in [3.8, 4) is 0 Å². The first kappa shape index (κ1) is 17.3. The minimum atomic E-state index is 0.250. The quantitative estimate of drug-likeness (QED) is 0.641. The Bertz CT molecular complexity index is 174. The molecule has 1 N–H and O–H groups in total. The number of hydrogen-bond donors (Lipinski definition) is 1. The highest BCUT2D eigenvalue weighted by atomic mass is 32.2. The molecule has 0 saturated carbocycles. The average molecular weight is 260 g/mol. The second kappa shape index (κ2) is 9.23. The van der Waals surface area contributed by atoms with Gasteiger partial charge in [-0.05, 0) is 52.1 Å². The van der Waals surface area contributed by atoms with E-state index in [9.17, 15) is 0 Å². The van der Waals surface area contributed by atoms with Crippen molar-refractivity contribution in [1.82, 2.24) is 10.2 Å². The van der Waals surface area contributed by atoms with Gasteiger partial charge < -0.3 is 10.2 Å². The molecule has 1 unspecified atom stereocenters. The molecule has 0 aromatic rings. The van der Waals surface area contributed by atoms with Gasteiger partial charge in [0, 0.05) is 17.8 Å². The lowest BCUT2D eigenvalue weighted by molar-refractivity contribution is 0.323. The van der Waals surface area contributed by atoms with Crippen molar-refractivity contribution in [3.63, 3.8) is 0 Å². The zero-order valence-electron chi connectivity index (χ0n) is 12.7. The zero-order valence-corrected chi connectivity index (χ0v) is 13.5. The number of thioether (sulfide) groups is 1. The highest BCUT2D eigenvalue weighted by Gasteiger charge is 2.11. The molecule has 0 heterocycles. The lowest BCUT2D eigenvalue weighted by atomic mass is 10.1. The lowest BCUT2D eigenvalue weighted by Gasteiger charge is -2.23. The minimum Gasteiger partial charge on any atom is -0.312 e. The van der Waals surface area contributed by atoms with Gasteiger partial charge in [0.15, 0.2) is 0 Å². The summed E-state index contributed by atoms with van der Waals surface area (Å²) >= 11 is 2.09. The summed E-state index contributed by atoms with van der Waals surface area (Å²) in [5.41, 5.74) is 0.250. The third-order valence-corrected chi connectivity index (χ3v) is 4.11. The Labute approximate surface area is 113 Å². The van der Waals surface area contributed by atoms with Crippen LogP contribution in [0.4, 0.5) is 0 Å². The van der Waals surface area contributed by atoms with E-state index in [1.54, 1.807) is 0 Å². The van der Waals surface area contributed by atoms with Crippen molar-refractivity contribution in [1.29, 1.82) is 0 Å². The first-order chi connectivity index (χ1) is 7.89. The molecule has 0 aliphatic rings. The van der Waals surface area contributed by atoms with E-state index in [4.69, 9.17) is 0 Å². The van der Waals surface area contributed by atoms with Gasteiger partial charge >= 0.3 is 0 Å². The van der Waals surface area contributed by atoms with Gasteiger partial charge in [0.25, 0.3) is 0 Å². The van der Waals surface area contributed by atoms with Gasteiger partial charge in [-0.3, -0.25) is 0 Å². The van der Waals surface area contributed by atoms with Crippen molar-refractivity contribution >= 4 is 11.8 Å². The smallest absolute Gasteiger partial charge is 0.00966 e. The van der Waals surface area contributed by atoms with Crippen molar-refractivity contribution < 1.29 is 0 Å². The Hall–Kier alpha value is 0.270. The van der Waals surface area contributed by atoms with Gasteiger partial charge in [-0.15, -0.1) is 0 Å². The van der Waals surface area contributed by atoms with Crippen LogP contribution in [0.2, 0.25) is 0 Å². The van der Waals surface area contributed by atoms with Crippen molar-refractivity contribution in [2.45, 2.75) is 47.1 Å². The van der Waals surface area contributed by atoms with Crippen LogP contribution in [0, 0.1) is 5.92 Å². The standard InChI is InChI=1S/C14H32N2S/c1-7-16(8-2)9-10-17-12-13(3)11-15-14(4,5)6/h13,15H,7-12H2,1-6H3.